The smallest absolute Gasteiger partial charge is 0.290 e. The molecule has 0 bridgehead atoms. The number of carbonyl (C=O) groups excluding carboxylic acids is 2. The Kier molecular flexibility index (Phi) is 8.24. The minimum absolute atomic E-state index is 0. The van der Waals surface area contributed by atoms with Crippen LogP contribution in [0, 0.1) is 6.92 Å². The minimum Gasteiger partial charge on any atom is -1.00 e. The normalized spacial score (nSPS) is 10.0. The van der Waals surface area contributed by atoms with Crippen LogP contribution in [0.1, 0.15) is 15.9 Å². The molecule has 0 aliphatic rings. The fraction of sp³-hybridized carbons (Fsp3) is 0.136. The van der Waals surface area contributed by atoms with Crippen LogP contribution in [0.5, 0.6) is 0 Å². The van der Waals surface area contributed by atoms with Crippen LogP contribution in [0.25, 0.3) is 0 Å². The van der Waals surface area contributed by atoms with Crippen molar-refractivity contribution in [3.05, 3.63) is 84.2 Å². The summed E-state index contributed by atoms with van der Waals surface area (Å²) in [7, 11) is 0. The average Bonchev–Trinajstić information content (AvgIpc) is 2.70. The quantitative estimate of drug-likeness (QED) is 0.454. The van der Waals surface area contributed by atoms with Gasteiger partial charge in [-0.15, -0.1) is 11.8 Å². The van der Waals surface area contributed by atoms with Crippen molar-refractivity contribution in [1.82, 2.24) is 0 Å². The van der Waals surface area contributed by atoms with Crippen molar-refractivity contribution in [3.8, 4) is 0 Å². The van der Waals surface area contributed by atoms with Crippen molar-refractivity contribution in [2.75, 3.05) is 16.9 Å². The van der Waals surface area contributed by atoms with E-state index in [0.29, 0.717) is 5.56 Å². The van der Waals surface area contributed by atoms with Crippen molar-refractivity contribution >= 4 is 35.0 Å². The zero-order chi connectivity index (χ0) is 19.9. The Bertz CT molecular complexity index is 976. The highest BCUT2D eigenvalue weighted by Crippen LogP contribution is 2.17. The number of benzene rings is 2. The third-order valence-electron chi connectivity index (χ3n) is 4.13. The number of aryl methyl sites for hydroxylation is 1. The molecule has 150 valence electrons. The maximum Gasteiger partial charge on any atom is 0.290 e. The number of pyridine rings is 1. The van der Waals surface area contributed by atoms with Gasteiger partial charge in [-0.1, -0.05) is 17.7 Å². The number of amides is 2. The Morgan fingerprint density at radius 2 is 1.55 bits per heavy atom. The lowest BCUT2D eigenvalue weighted by Crippen LogP contribution is -3.00. The third-order valence-corrected chi connectivity index (χ3v) is 4.87. The fourth-order valence-corrected chi connectivity index (χ4v) is 3.04. The third kappa shape index (κ3) is 6.62. The summed E-state index contributed by atoms with van der Waals surface area (Å²) in [5.41, 5.74) is 3.10. The van der Waals surface area contributed by atoms with Crippen molar-refractivity contribution < 1.29 is 26.6 Å². The molecule has 0 aliphatic heterocycles. The summed E-state index contributed by atoms with van der Waals surface area (Å²) in [4.78, 5) is 25.9. The molecule has 0 fully saturated rings. The molecule has 0 saturated heterocycles. The molecule has 7 heteroatoms. The van der Waals surface area contributed by atoms with Crippen LogP contribution in [0.3, 0.4) is 0 Å². The lowest BCUT2D eigenvalue weighted by molar-refractivity contribution is -0.684. The molecule has 5 nitrogen and oxygen atoms in total. The molecule has 2 aromatic carbocycles. The second-order valence-corrected chi connectivity index (χ2v) is 7.24. The number of aromatic nitrogens is 1. The van der Waals surface area contributed by atoms with Gasteiger partial charge in [-0.25, -0.2) is 0 Å². The van der Waals surface area contributed by atoms with E-state index in [4.69, 9.17) is 0 Å². The Hall–Kier alpha value is -2.83. The van der Waals surface area contributed by atoms with E-state index in [9.17, 15) is 9.59 Å². The van der Waals surface area contributed by atoms with E-state index in [-0.39, 0.29) is 30.8 Å². The highest BCUT2D eigenvalue weighted by atomic mass is 35.5. The van der Waals surface area contributed by atoms with E-state index in [1.54, 1.807) is 40.9 Å². The van der Waals surface area contributed by atoms with Crippen LogP contribution in [-0.2, 0) is 11.3 Å². The zero-order valence-electron chi connectivity index (χ0n) is 16.2. The maximum atomic E-state index is 12.5. The van der Waals surface area contributed by atoms with E-state index in [2.05, 4.69) is 10.6 Å². The van der Waals surface area contributed by atoms with Crippen LogP contribution in [0.15, 0.2) is 78.0 Å². The molecular weight excluding hydrogens is 406 g/mol. The molecule has 0 atom stereocenters. The molecule has 0 saturated carbocycles. The van der Waals surface area contributed by atoms with Crippen molar-refractivity contribution in [2.24, 2.45) is 0 Å². The van der Waals surface area contributed by atoms with Gasteiger partial charge in [0.05, 0.1) is 0 Å². The molecule has 0 aliphatic carbocycles. The first-order valence-corrected chi connectivity index (χ1v) is 10.1. The van der Waals surface area contributed by atoms with Crippen LogP contribution in [0.2, 0.25) is 0 Å². The first-order chi connectivity index (χ1) is 13.5. The van der Waals surface area contributed by atoms with Gasteiger partial charge in [-0.2, -0.15) is 4.57 Å². The predicted octanol–water partition coefficient (Wildman–Crippen LogP) is 0.899. The first kappa shape index (κ1) is 22.5. The molecule has 29 heavy (non-hydrogen) atoms. The SMILES string of the molecule is CSc1ccc(NC(=O)c2ccc[n+](CC(=O)Nc3ccc(C)cc3)c2)cc1.[Cl-]. The van der Waals surface area contributed by atoms with E-state index in [0.717, 1.165) is 21.8 Å². The molecule has 1 heterocycles. The van der Waals surface area contributed by atoms with Gasteiger partial charge in [0.1, 0.15) is 5.56 Å². The van der Waals surface area contributed by atoms with Crippen molar-refractivity contribution in [1.29, 1.82) is 0 Å². The van der Waals surface area contributed by atoms with Gasteiger partial charge >= 0.3 is 0 Å². The fourth-order valence-electron chi connectivity index (χ4n) is 2.64. The minimum atomic E-state index is -0.217. The highest BCUT2D eigenvalue weighted by Gasteiger charge is 2.14. The summed E-state index contributed by atoms with van der Waals surface area (Å²) in [5, 5.41) is 5.73. The van der Waals surface area contributed by atoms with Crippen LogP contribution in [0.4, 0.5) is 11.4 Å². The Labute approximate surface area is 180 Å². The molecule has 2 N–H and O–H groups in total. The second-order valence-electron chi connectivity index (χ2n) is 6.36. The Morgan fingerprint density at radius 1 is 0.931 bits per heavy atom. The number of nitrogens with zero attached hydrogens (tertiary/aromatic N) is 1. The van der Waals surface area contributed by atoms with E-state index in [1.807, 2.05) is 61.7 Å². The lowest BCUT2D eigenvalue weighted by atomic mass is 10.2. The van der Waals surface area contributed by atoms with Gasteiger partial charge in [-0.3, -0.25) is 9.59 Å². The molecule has 3 aromatic rings. The molecule has 0 spiro atoms. The molecular formula is C22H22ClN3O2S. The molecule has 0 radical (unpaired) electrons. The monoisotopic (exact) mass is 427 g/mol. The number of hydrogen-bond donors (Lipinski definition) is 2. The predicted molar refractivity (Wildman–Crippen MR) is 113 cm³/mol. The van der Waals surface area contributed by atoms with Gasteiger partial charge in [0.15, 0.2) is 12.4 Å². The summed E-state index contributed by atoms with van der Waals surface area (Å²) < 4.78 is 1.69. The summed E-state index contributed by atoms with van der Waals surface area (Å²) in [6.07, 6.45) is 5.43. The number of carbonyl (C=O) groups is 2. The zero-order valence-corrected chi connectivity index (χ0v) is 17.8. The number of rotatable bonds is 6. The summed E-state index contributed by atoms with van der Waals surface area (Å²) in [6.45, 7) is 2.12. The number of halogens is 1. The molecule has 1 aromatic heterocycles. The average molecular weight is 428 g/mol. The largest absolute Gasteiger partial charge is 1.00 e. The van der Waals surface area contributed by atoms with Crippen molar-refractivity contribution in [2.45, 2.75) is 18.4 Å². The molecule has 0 unspecified atom stereocenters. The van der Waals surface area contributed by atoms with Gasteiger partial charge in [0.25, 0.3) is 11.8 Å². The standard InChI is InChI=1S/C22H21N3O2S.ClH/c1-16-5-7-18(8-6-16)23-21(26)15-25-13-3-4-17(14-25)22(27)24-19-9-11-20(28-2)12-10-19;/h3-14H,15H2,1-2H3,(H-,23,24,26,27);1H. The van der Waals surface area contributed by atoms with Crippen LogP contribution in [-0.4, -0.2) is 18.1 Å². The van der Waals surface area contributed by atoms with Crippen LogP contribution < -0.4 is 27.6 Å². The Morgan fingerprint density at radius 3 is 2.21 bits per heavy atom. The number of thioether (sulfide) groups is 1. The van der Waals surface area contributed by atoms with Gasteiger partial charge in [0, 0.05) is 22.3 Å². The Balaban J connectivity index is 0.00000300. The maximum absolute atomic E-state index is 12.5. The van der Waals surface area contributed by atoms with Crippen molar-refractivity contribution in [3.63, 3.8) is 0 Å². The molecule has 3 rings (SSSR count). The molecule has 2 amide bonds. The number of hydrogen-bond acceptors (Lipinski definition) is 3. The van der Waals surface area contributed by atoms with E-state index >= 15 is 0 Å². The van der Waals surface area contributed by atoms with Gasteiger partial charge < -0.3 is 23.0 Å². The summed E-state index contributed by atoms with van der Waals surface area (Å²) >= 11 is 1.65. The topological polar surface area (TPSA) is 62.1 Å². The van der Waals surface area contributed by atoms with Crippen LogP contribution >= 0.6 is 11.8 Å². The first-order valence-electron chi connectivity index (χ1n) is 8.84. The van der Waals surface area contributed by atoms with E-state index < -0.39 is 0 Å². The summed E-state index contributed by atoms with van der Waals surface area (Å²) in [5.74, 6) is -0.371. The van der Waals surface area contributed by atoms with Gasteiger partial charge in [0.2, 0.25) is 6.54 Å². The van der Waals surface area contributed by atoms with E-state index in [1.165, 1.54) is 0 Å². The second kappa shape index (κ2) is 10.6. The number of anilines is 2. The number of nitrogens with one attached hydrogen (secondary N) is 2. The highest BCUT2D eigenvalue weighted by molar-refractivity contribution is 7.98. The van der Waals surface area contributed by atoms with Gasteiger partial charge in [-0.05, 0) is 55.6 Å². The summed E-state index contributed by atoms with van der Waals surface area (Å²) in [6, 6.07) is 18.8. The lowest BCUT2D eigenvalue weighted by Gasteiger charge is -2.06.